The van der Waals surface area contributed by atoms with Gasteiger partial charge in [0.2, 0.25) is 0 Å². The number of ether oxygens (including phenoxy) is 1. The van der Waals surface area contributed by atoms with Crippen LogP contribution in [0.3, 0.4) is 0 Å². The number of para-hydroxylation sites is 2. The molecule has 0 aliphatic heterocycles. The molecule has 4 aliphatic rings. The Balaban J connectivity index is 1.12. The Labute approximate surface area is 212 Å². The first-order valence-corrected chi connectivity index (χ1v) is 14.3. The van der Waals surface area contributed by atoms with Gasteiger partial charge >= 0.3 is 0 Å². The number of aromatic nitrogens is 3. The van der Waals surface area contributed by atoms with Crippen LogP contribution in [0.15, 0.2) is 60.0 Å². The molecule has 0 spiro atoms. The molecule has 5 heteroatoms. The summed E-state index contributed by atoms with van der Waals surface area (Å²) in [6, 6.07) is 8.57. The highest BCUT2D eigenvalue weighted by molar-refractivity contribution is 7.09. The third-order valence-corrected chi connectivity index (χ3v) is 11.0. The summed E-state index contributed by atoms with van der Waals surface area (Å²) >= 11 is 1.70. The van der Waals surface area contributed by atoms with Gasteiger partial charge < -0.3 is 9.30 Å². The second-order valence-corrected chi connectivity index (χ2v) is 12.8. The summed E-state index contributed by atoms with van der Waals surface area (Å²) in [6.07, 6.45) is 18.2. The minimum absolute atomic E-state index is 0.237. The van der Waals surface area contributed by atoms with Crippen molar-refractivity contribution in [3.63, 3.8) is 0 Å². The molecule has 0 bridgehead atoms. The molecule has 3 aromatic rings. The minimum atomic E-state index is 0.237. The molecule has 0 saturated heterocycles. The minimum Gasteiger partial charge on any atom is -0.372 e. The first-order valence-electron chi connectivity index (χ1n) is 13.4. The van der Waals surface area contributed by atoms with Crippen LogP contribution >= 0.6 is 11.3 Å². The molecule has 35 heavy (non-hydrogen) atoms. The molecule has 0 unspecified atom stereocenters. The highest BCUT2D eigenvalue weighted by Crippen LogP contribution is 2.65. The van der Waals surface area contributed by atoms with E-state index in [1.165, 1.54) is 54.6 Å². The number of benzene rings is 1. The Morgan fingerprint density at radius 2 is 1.94 bits per heavy atom. The van der Waals surface area contributed by atoms with E-state index in [1.807, 2.05) is 11.7 Å². The summed E-state index contributed by atoms with van der Waals surface area (Å²) < 4.78 is 8.74. The molecule has 1 aromatic carbocycles. The van der Waals surface area contributed by atoms with Crippen molar-refractivity contribution in [1.29, 1.82) is 0 Å². The second kappa shape index (κ2) is 8.14. The van der Waals surface area contributed by atoms with Gasteiger partial charge in [0, 0.05) is 17.3 Å². The summed E-state index contributed by atoms with van der Waals surface area (Å²) in [5.74, 6) is 2.31. The summed E-state index contributed by atoms with van der Waals surface area (Å²) in [5, 5.41) is 0. The van der Waals surface area contributed by atoms with E-state index in [0.717, 1.165) is 29.7 Å². The van der Waals surface area contributed by atoms with Crippen LogP contribution in [0.25, 0.3) is 16.7 Å². The van der Waals surface area contributed by atoms with E-state index < -0.39 is 0 Å². The zero-order chi connectivity index (χ0) is 23.6. The smallest absolute Gasteiger partial charge is 0.100 e. The first-order chi connectivity index (χ1) is 17.1. The van der Waals surface area contributed by atoms with Crippen LogP contribution in [0.4, 0.5) is 0 Å². The lowest BCUT2D eigenvalue weighted by Crippen LogP contribution is -2.50. The maximum Gasteiger partial charge on any atom is 0.100 e. The monoisotopic (exact) mass is 485 g/mol. The SMILES string of the molecule is C[C@]12CC[C@H](OCc3cncs3)CC1=CC[C@@H]1[C@@H]2CC[C@]2(C)C(n3cnc4ccccc43)=CC[C@@H]12. The van der Waals surface area contributed by atoms with Crippen LogP contribution < -0.4 is 0 Å². The molecule has 4 nitrogen and oxygen atoms in total. The highest BCUT2D eigenvalue weighted by Gasteiger charge is 2.57. The number of hydrogen-bond donors (Lipinski definition) is 0. The van der Waals surface area contributed by atoms with Crippen molar-refractivity contribution in [2.75, 3.05) is 0 Å². The standard InChI is InChI=1S/C30H35N3OS/c1-29-13-11-21(34-17-22-16-31-19-35-22)15-20(29)7-8-23-24-9-10-28(30(24,2)14-12-25(23)29)33-18-32-26-5-3-4-6-27(26)33/h3-7,10,16,18-19,21,23-25H,8-9,11-15,17H2,1-2H3/t21-,23-,24-,25-,29-,30-/m0/s1. The molecule has 0 amide bonds. The fourth-order valence-corrected chi connectivity index (χ4v) is 8.87. The number of imidazole rings is 1. The predicted octanol–water partition coefficient (Wildman–Crippen LogP) is 7.49. The number of thiazole rings is 1. The van der Waals surface area contributed by atoms with E-state index in [1.54, 1.807) is 16.9 Å². The van der Waals surface area contributed by atoms with Crippen LogP contribution in [0, 0.1) is 28.6 Å². The molecule has 2 heterocycles. The lowest BCUT2D eigenvalue weighted by Gasteiger charge is -2.57. The van der Waals surface area contributed by atoms with E-state index in [0.29, 0.717) is 18.1 Å². The number of hydrogen-bond acceptors (Lipinski definition) is 4. The first kappa shape index (κ1) is 22.0. The van der Waals surface area contributed by atoms with Gasteiger partial charge in [0.1, 0.15) is 6.33 Å². The van der Waals surface area contributed by atoms with Gasteiger partial charge in [-0.05, 0) is 80.2 Å². The second-order valence-electron chi connectivity index (χ2n) is 11.8. The van der Waals surface area contributed by atoms with E-state index in [-0.39, 0.29) is 5.41 Å². The maximum absolute atomic E-state index is 6.35. The van der Waals surface area contributed by atoms with Crippen molar-refractivity contribution < 1.29 is 4.74 Å². The van der Waals surface area contributed by atoms with Crippen molar-refractivity contribution in [3.8, 4) is 0 Å². The van der Waals surface area contributed by atoms with Gasteiger partial charge in [0.25, 0.3) is 0 Å². The van der Waals surface area contributed by atoms with Crippen molar-refractivity contribution in [3.05, 3.63) is 64.9 Å². The molecule has 4 aliphatic carbocycles. The highest BCUT2D eigenvalue weighted by atomic mass is 32.1. The molecule has 0 radical (unpaired) electrons. The van der Waals surface area contributed by atoms with Gasteiger partial charge in [-0.25, -0.2) is 4.98 Å². The molecule has 2 fully saturated rings. The van der Waals surface area contributed by atoms with E-state index >= 15 is 0 Å². The summed E-state index contributed by atoms with van der Waals surface area (Å²) in [5.41, 5.74) is 8.01. The van der Waals surface area contributed by atoms with Crippen LogP contribution in [0.1, 0.15) is 63.7 Å². The average molecular weight is 486 g/mol. The molecule has 2 aromatic heterocycles. The van der Waals surface area contributed by atoms with Crippen molar-refractivity contribution in [2.24, 2.45) is 28.6 Å². The van der Waals surface area contributed by atoms with Gasteiger partial charge in [0.05, 0.1) is 34.1 Å². The average Bonchev–Trinajstić information content (AvgIpc) is 3.61. The predicted molar refractivity (Wildman–Crippen MR) is 142 cm³/mol. The summed E-state index contributed by atoms with van der Waals surface area (Å²) in [6.45, 7) is 5.85. The van der Waals surface area contributed by atoms with Crippen molar-refractivity contribution in [2.45, 2.75) is 71.5 Å². The summed E-state index contributed by atoms with van der Waals surface area (Å²) in [4.78, 5) is 10.1. The number of fused-ring (bicyclic) bond motifs is 6. The summed E-state index contributed by atoms with van der Waals surface area (Å²) in [7, 11) is 0. The van der Waals surface area contributed by atoms with Crippen molar-refractivity contribution >= 4 is 28.1 Å². The maximum atomic E-state index is 6.35. The Morgan fingerprint density at radius 3 is 2.83 bits per heavy atom. The molecular weight excluding hydrogens is 450 g/mol. The Kier molecular flexibility index (Phi) is 5.12. The van der Waals surface area contributed by atoms with E-state index in [4.69, 9.17) is 9.72 Å². The zero-order valence-electron chi connectivity index (χ0n) is 20.8. The normalized spacial score (nSPS) is 36.3. The lowest BCUT2D eigenvalue weighted by atomic mass is 9.47. The molecule has 0 N–H and O–H groups in total. The van der Waals surface area contributed by atoms with Gasteiger partial charge in [-0.2, -0.15) is 0 Å². The molecule has 6 atom stereocenters. The molecule has 7 rings (SSSR count). The van der Waals surface area contributed by atoms with Crippen LogP contribution in [-0.2, 0) is 11.3 Å². The third-order valence-electron chi connectivity index (χ3n) is 10.3. The van der Waals surface area contributed by atoms with Gasteiger partial charge in [-0.15, -0.1) is 11.3 Å². The van der Waals surface area contributed by atoms with Gasteiger partial charge in [-0.1, -0.05) is 43.7 Å². The fraction of sp³-hybridized carbons (Fsp3) is 0.533. The third kappa shape index (κ3) is 3.34. The zero-order valence-corrected chi connectivity index (χ0v) is 21.6. The Hall–Kier alpha value is -2.24. The quantitative estimate of drug-likeness (QED) is 0.359. The number of rotatable bonds is 4. The Morgan fingerprint density at radius 1 is 1.06 bits per heavy atom. The van der Waals surface area contributed by atoms with Gasteiger partial charge in [-0.3, -0.25) is 4.98 Å². The van der Waals surface area contributed by atoms with E-state index in [9.17, 15) is 0 Å². The van der Waals surface area contributed by atoms with Crippen LogP contribution in [-0.4, -0.2) is 20.6 Å². The number of allylic oxidation sites excluding steroid dienone is 3. The number of nitrogens with zero attached hydrogens (tertiary/aromatic N) is 3. The van der Waals surface area contributed by atoms with E-state index in [2.05, 4.69) is 66.1 Å². The van der Waals surface area contributed by atoms with Crippen molar-refractivity contribution in [1.82, 2.24) is 14.5 Å². The Bertz CT molecular complexity index is 1310. The van der Waals surface area contributed by atoms with Crippen LogP contribution in [0.2, 0.25) is 0 Å². The largest absolute Gasteiger partial charge is 0.372 e. The topological polar surface area (TPSA) is 39.9 Å². The lowest BCUT2D eigenvalue weighted by molar-refractivity contribution is -0.0424. The molecular formula is C30H35N3OS. The van der Waals surface area contributed by atoms with Gasteiger partial charge in [0.15, 0.2) is 0 Å². The molecule has 182 valence electrons. The van der Waals surface area contributed by atoms with Crippen LogP contribution in [0.5, 0.6) is 0 Å². The molecule has 2 saturated carbocycles. The fourth-order valence-electron chi connectivity index (χ4n) is 8.35.